The van der Waals surface area contributed by atoms with Gasteiger partial charge in [0.2, 0.25) is 0 Å². The molecule has 0 fully saturated rings. The Morgan fingerprint density at radius 3 is 2.26 bits per heavy atom. The van der Waals surface area contributed by atoms with Crippen molar-refractivity contribution in [2.75, 3.05) is 0 Å². The van der Waals surface area contributed by atoms with Crippen LogP contribution >= 0.6 is 10.7 Å². The summed E-state index contributed by atoms with van der Waals surface area (Å²) >= 11 is 0. The average Bonchev–Trinajstić information content (AvgIpc) is 2.37. The van der Waals surface area contributed by atoms with Gasteiger partial charge in [0.1, 0.15) is 18.2 Å². The van der Waals surface area contributed by atoms with Gasteiger partial charge in [-0.1, -0.05) is 18.2 Å². The summed E-state index contributed by atoms with van der Waals surface area (Å²) in [7, 11) is 1.45. The summed E-state index contributed by atoms with van der Waals surface area (Å²) in [5.74, 6) is 0.0924. The van der Waals surface area contributed by atoms with Crippen LogP contribution < -0.4 is 4.74 Å². The lowest BCUT2D eigenvalue weighted by Crippen LogP contribution is -1.98. The van der Waals surface area contributed by atoms with Gasteiger partial charge >= 0.3 is 0 Å². The Labute approximate surface area is 115 Å². The maximum atomic E-state index is 13.3. The molecule has 100 valence electrons. The summed E-state index contributed by atoms with van der Waals surface area (Å²) < 4.78 is 40.8. The van der Waals surface area contributed by atoms with E-state index < -0.39 is 9.05 Å². The fraction of sp³-hybridized carbons (Fsp3) is 0.0769. The fourth-order valence-electron chi connectivity index (χ4n) is 1.47. The minimum atomic E-state index is -3.74. The molecule has 0 aromatic heterocycles. The highest BCUT2D eigenvalue weighted by molar-refractivity contribution is 8.13. The van der Waals surface area contributed by atoms with Crippen molar-refractivity contribution in [3.63, 3.8) is 0 Å². The summed E-state index contributed by atoms with van der Waals surface area (Å²) in [6, 6.07) is 11.9. The lowest BCUT2D eigenvalue weighted by Gasteiger charge is -2.07. The van der Waals surface area contributed by atoms with Crippen LogP contribution in [0.1, 0.15) is 5.56 Å². The van der Waals surface area contributed by atoms with Gasteiger partial charge in [-0.15, -0.1) is 0 Å². The highest BCUT2D eigenvalue weighted by Gasteiger charge is 2.09. The molecule has 19 heavy (non-hydrogen) atoms. The number of halogens is 2. The van der Waals surface area contributed by atoms with Gasteiger partial charge < -0.3 is 4.74 Å². The van der Waals surface area contributed by atoms with Gasteiger partial charge in [-0.2, -0.15) is 0 Å². The fourth-order valence-corrected chi connectivity index (χ4v) is 2.24. The molecule has 0 unspecified atom stereocenters. The molecule has 0 radical (unpaired) electrons. The van der Waals surface area contributed by atoms with E-state index in [1.54, 1.807) is 18.2 Å². The van der Waals surface area contributed by atoms with E-state index in [2.05, 4.69) is 0 Å². The Morgan fingerprint density at radius 1 is 1.05 bits per heavy atom. The minimum absolute atomic E-state index is 0.00703. The quantitative estimate of drug-likeness (QED) is 0.814. The van der Waals surface area contributed by atoms with Crippen LogP contribution in [0.15, 0.2) is 53.4 Å². The second-order valence-corrected chi connectivity index (χ2v) is 6.36. The van der Waals surface area contributed by atoms with Crippen molar-refractivity contribution < 1.29 is 17.5 Å². The highest BCUT2D eigenvalue weighted by atomic mass is 35.7. The van der Waals surface area contributed by atoms with Crippen LogP contribution in [0.3, 0.4) is 0 Å². The van der Waals surface area contributed by atoms with E-state index in [1.165, 1.54) is 30.3 Å². The number of hydrogen-bond acceptors (Lipinski definition) is 3. The first-order valence-corrected chi connectivity index (χ1v) is 7.69. The van der Waals surface area contributed by atoms with Crippen molar-refractivity contribution in [2.24, 2.45) is 0 Å². The molecule has 2 rings (SSSR count). The third kappa shape index (κ3) is 3.68. The molecule has 0 spiro atoms. The van der Waals surface area contributed by atoms with Crippen molar-refractivity contribution in [3.8, 4) is 5.75 Å². The molecule has 0 saturated heterocycles. The molecule has 0 bridgehead atoms. The van der Waals surface area contributed by atoms with Gasteiger partial charge in [0.05, 0.1) is 4.90 Å². The third-order valence-electron chi connectivity index (χ3n) is 2.46. The highest BCUT2D eigenvalue weighted by Crippen LogP contribution is 2.20. The number of hydrogen-bond donors (Lipinski definition) is 0. The van der Waals surface area contributed by atoms with Crippen LogP contribution in [0.25, 0.3) is 0 Å². The topological polar surface area (TPSA) is 43.4 Å². The SMILES string of the molecule is O=S(=O)(Cl)c1ccc(OCc2ccccc2F)cc1. The van der Waals surface area contributed by atoms with E-state index >= 15 is 0 Å². The van der Waals surface area contributed by atoms with Crippen molar-refractivity contribution in [2.45, 2.75) is 11.5 Å². The van der Waals surface area contributed by atoms with Crippen molar-refractivity contribution >= 4 is 19.7 Å². The molecule has 0 saturated carbocycles. The zero-order valence-corrected chi connectivity index (χ0v) is 11.3. The Balaban J connectivity index is 2.07. The second-order valence-electron chi connectivity index (χ2n) is 3.79. The van der Waals surface area contributed by atoms with Gasteiger partial charge in [-0.3, -0.25) is 0 Å². The first-order valence-electron chi connectivity index (χ1n) is 5.38. The first-order chi connectivity index (χ1) is 8.97. The molecular formula is C13H10ClFO3S. The van der Waals surface area contributed by atoms with Crippen LogP contribution in [0, 0.1) is 5.82 Å². The monoisotopic (exact) mass is 300 g/mol. The third-order valence-corrected chi connectivity index (χ3v) is 3.83. The Kier molecular flexibility index (Phi) is 4.07. The Hall–Kier alpha value is -1.59. The largest absolute Gasteiger partial charge is 0.489 e. The van der Waals surface area contributed by atoms with E-state index in [0.29, 0.717) is 11.3 Å². The van der Waals surface area contributed by atoms with Gasteiger partial charge in [-0.05, 0) is 30.3 Å². The normalized spacial score (nSPS) is 11.3. The summed E-state index contributed by atoms with van der Waals surface area (Å²) in [5, 5.41) is 0. The van der Waals surface area contributed by atoms with E-state index in [0.717, 1.165) is 0 Å². The predicted octanol–water partition coefficient (Wildman–Crippen LogP) is 3.33. The van der Waals surface area contributed by atoms with Gasteiger partial charge in [0.25, 0.3) is 9.05 Å². The van der Waals surface area contributed by atoms with E-state index in [9.17, 15) is 12.8 Å². The van der Waals surface area contributed by atoms with Crippen molar-refractivity contribution in [3.05, 3.63) is 59.9 Å². The van der Waals surface area contributed by atoms with Gasteiger partial charge in [0, 0.05) is 16.2 Å². The minimum Gasteiger partial charge on any atom is -0.489 e. The lowest BCUT2D eigenvalue weighted by atomic mass is 10.2. The molecular weight excluding hydrogens is 291 g/mol. The lowest BCUT2D eigenvalue weighted by molar-refractivity contribution is 0.299. The molecule has 3 nitrogen and oxygen atoms in total. The molecule has 0 heterocycles. The molecule has 0 amide bonds. The Bertz CT molecular complexity index is 669. The first kappa shape index (κ1) is 13.8. The molecule has 0 aliphatic carbocycles. The summed E-state index contributed by atoms with van der Waals surface area (Å²) in [6.45, 7) is 0.0691. The summed E-state index contributed by atoms with van der Waals surface area (Å²) in [6.07, 6.45) is 0. The molecule has 6 heteroatoms. The summed E-state index contributed by atoms with van der Waals surface area (Å²) in [5.41, 5.74) is 0.427. The van der Waals surface area contributed by atoms with Crippen LogP contribution in [-0.4, -0.2) is 8.42 Å². The number of rotatable bonds is 4. The van der Waals surface area contributed by atoms with E-state index in [-0.39, 0.29) is 17.3 Å². The molecule has 2 aromatic carbocycles. The average molecular weight is 301 g/mol. The standard InChI is InChI=1S/C13H10ClFO3S/c14-19(16,17)12-7-5-11(6-8-12)18-9-10-3-1-2-4-13(10)15/h1-8H,9H2. The number of ether oxygens (including phenoxy) is 1. The summed E-state index contributed by atoms with van der Waals surface area (Å²) in [4.78, 5) is -0.00703. The van der Waals surface area contributed by atoms with Crippen molar-refractivity contribution in [1.82, 2.24) is 0 Å². The van der Waals surface area contributed by atoms with Crippen LogP contribution in [0.2, 0.25) is 0 Å². The maximum Gasteiger partial charge on any atom is 0.261 e. The van der Waals surface area contributed by atoms with Crippen LogP contribution in [0.5, 0.6) is 5.75 Å². The molecule has 0 atom stereocenters. The van der Waals surface area contributed by atoms with Gasteiger partial charge in [-0.25, -0.2) is 12.8 Å². The Morgan fingerprint density at radius 2 is 1.68 bits per heavy atom. The second kappa shape index (κ2) is 5.59. The van der Waals surface area contributed by atoms with Crippen molar-refractivity contribution in [1.29, 1.82) is 0 Å². The predicted molar refractivity (Wildman–Crippen MR) is 70.2 cm³/mol. The molecule has 0 N–H and O–H groups in total. The number of benzene rings is 2. The maximum absolute atomic E-state index is 13.3. The smallest absolute Gasteiger partial charge is 0.261 e. The van der Waals surface area contributed by atoms with E-state index in [4.69, 9.17) is 15.4 Å². The van der Waals surface area contributed by atoms with Crippen LogP contribution in [0.4, 0.5) is 4.39 Å². The molecule has 2 aromatic rings. The van der Waals surface area contributed by atoms with Gasteiger partial charge in [0.15, 0.2) is 0 Å². The zero-order chi connectivity index (χ0) is 13.9. The molecule has 0 aliphatic rings. The van der Waals surface area contributed by atoms with Crippen LogP contribution in [-0.2, 0) is 15.7 Å². The zero-order valence-electron chi connectivity index (χ0n) is 9.71. The van der Waals surface area contributed by atoms with E-state index in [1.807, 2.05) is 0 Å². The molecule has 0 aliphatic heterocycles.